The van der Waals surface area contributed by atoms with Gasteiger partial charge in [0.05, 0.1) is 10.8 Å². The highest BCUT2D eigenvalue weighted by molar-refractivity contribution is 7.89. The van der Waals surface area contributed by atoms with Gasteiger partial charge in [-0.25, -0.2) is 8.42 Å². The molecule has 0 radical (unpaired) electrons. The summed E-state index contributed by atoms with van der Waals surface area (Å²) in [5.41, 5.74) is 0.203. The number of hydrogen-bond acceptors (Lipinski definition) is 3. The number of amides is 1. The first-order valence-electron chi connectivity index (χ1n) is 9.55. The highest BCUT2D eigenvalue weighted by Crippen LogP contribution is 2.33. The van der Waals surface area contributed by atoms with Crippen molar-refractivity contribution in [3.8, 4) is 0 Å². The molecule has 5 nitrogen and oxygen atoms in total. The van der Waals surface area contributed by atoms with Gasteiger partial charge in [-0.1, -0.05) is 6.92 Å². The van der Waals surface area contributed by atoms with Crippen LogP contribution in [0.5, 0.6) is 0 Å². The molecule has 2 atom stereocenters. The topological polar surface area (TPSA) is 57.7 Å². The molecule has 0 N–H and O–H groups in total. The van der Waals surface area contributed by atoms with Crippen LogP contribution in [-0.2, 0) is 10.0 Å². The van der Waals surface area contributed by atoms with Gasteiger partial charge in [-0.2, -0.15) is 17.5 Å². The lowest BCUT2D eigenvalue weighted by Gasteiger charge is -2.33. The maximum atomic E-state index is 13.0. The van der Waals surface area contributed by atoms with Gasteiger partial charge < -0.3 is 4.90 Å². The van der Waals surface area contributed by atoms with Crippen molar-refractivity contribution in [1.29, 1.82) is 0 Å². The second-order valence-corrected chi connectivity index (χ2v) is 9.70. The predicted molar refractivity (Wildman–Crippen MR) is 98.3 cm³/mol. The average molecular weight is 418 g/mol. The summed E-state index contributed by atoms with van der Waals surface area (Å²) < 4.78 is 65.9. The van der Waals surface area contributed by atoms with E-state index in [-0.39, 0.29) is 30.0 Å². The SMILES string of the molecule is C[C@H]1CCCN(S(=O)(=O)c2ccc(C(=O)N3CCC[C@H](C(F)(F)F)C3)cc2)C1. The first-order valence-corrected chi connectivity index (χ1v) is 11.0. The molecule has 0 saturated carbocycles. The van der Waals surface area contributed by atoms with Crippen LogP contribution < -0.4 is 0 Å². The van der Waals surface area contributed by atoms with E-state index in [1.807, 2.05) is 6.92 Å². The molecule has 0 unspecified atom stereocenters. The fourth-order valence-corrected chi connectivity index (χ4v) is 5.49. The minimum atomic E-state index is -4.32. The molecule has 156 valence electrons. The van der Waals surface area contributed by atoms with E-state index in [2.05, 4.69) is 0 Å². The van der Waals surface area contributed by atoms with Crippen LogP contribution >= 0.6 is 0 Å². The number of benzene rings is 1. The Labute approximate surface area is 163 Å². The molecule has 0 aromatic heterocycles. The number of alkyl halides is 3. The lowest BCUT2D eigenvalue weighted by Crippen LogP contribution is -2.44. The number of carbonyl (C=O) groups is 1. The van der Waals surface area contributed by atoms with E-state index >= 15 is 0 Å². The van der Waals surface area contributed by atoms with Crippen LogP contribution in [0.2, 0.25) is 0 Å². The largest absolute Gasteiger partial charge is 0.393 e. The molecule has 1 amide bonds. The van der Waals surface area contributed by atoms with Gasteiger partial charge in [-0.05, 0) is 55.9 Å². The number of nitrogens with zero attached hydrogens (tertiary/aromatic N) is 2. The normalized spacial score (nSPS) is 24.9. The molecule has 3 rings (SSSR count). The van der Waals surface area contributed by atoms with Crippen molar-refractivity contribution in [2.75, 3.05) is 26.2 Å². The Balaban J connectivity index is 1.72. The molecule has 2 fully saturated rings. The Bertz CT molecular complexity index is 809. The molecule has 9 heteroatoms. The summed E-state index contributed by atoms with van der Waals surface area (Å²) >= 11 is 0. The second-order valence-electron chi connectivity index (χ2n) is 7.77. The standard InChI is InChI=1S/C19H25F3N2O3S/c1-14-4-2-11-24(12-14)28(26,27)17-8-6-15(7-9-17)18(25)23-10-3-5-16(13-23)19(20,21)22/h6-9,14,16H,2-5,10-13H2,1H3/t14-,16-/m0/s1. The van der Waals surface area contributed by atoms with Gasteiger partial charge in [-0.15, -0.1) is 0 Å². The zero-order valence-corrected chi connectivity index (χ0v) is 16.6. The number of piperidine rings is 2. The predicted octanol–water partition coefficient (Wildman–Crippen LogP) is 3.52. The highest BCUT2D eigenvalue weighted by atomic mass is 32.2. The van der Waals surface area contributed by atoms with E-state index < -0.39 is 28.0 Å². The molecule has 0 spiro atoms. The number of carbonyl (C=O) groups excluding carboxylic acids is 1. The second kappa shape index (κ2) is 8.02. The Kier molecular flexibility index (Phi) is 6.05. The van der Waals surface area contributed by atoms with Crippen LogP contribution in [0.25, 0.3) is 0 Å². The molecular weight excluding hydrogens is 393 g/mol. The molecular formula is C19H25F3N2O3S. The maximum Gasteiger partial charge on any atom is 0.393 e. The van der Waals surface area contributed by atoms with E-state index in [1.54, 1.807) is 0 Å². The fourth-order valence-electron chi connectivity index (χ4n) is 3.89. The maximum absolute atomic E-state index is 13.0. The number of rotatable bonds is 3. The monoisotopic (exact) mass is 418 g/mol. The number of likely N-dealkylation sites (tertiary alicyclic amines) is 1. The summed E-state index contributed by atoms with van der Waals surface area (Å²) in [6.07, 6.45) is -2.18. The van der Waals surface area contributed by atoms with Crippen molar-refractivity contribution >= 4 is 15.9 Å². The van der Waals surface area contributed by atoms with Crippen LogP contribution in [0, 0.1) is 11.8 Å². The molecule has 2 aliphatic heterocycles. The van der Waals surface area contributed by atoms with Crippen LogP contribution in [-0.4, -0.2) is 55.9 Å². The molecule has 28 heavy (non-hydrogen) atoms. The van der Waals surface area contributed by atoms with E-state index in [0.29, 0.717) is 25.4 Å². The fraction of sp³-hybridized carbons (Fsp3) is 0.632. The molecule has 0 aliphatic carbocycles. The smallest absolute Gasteiger partial charge is 0.338 e. The highest BCUT2D eigenvalue weighted by Gasteiger charge is 2.42. The summed E-state index contributed by atoms with van der Waals surface area (Å²) in [6, 6.07) is 5.51. The first kappa shape index (κ1) is 21.1. The van der Waals surface area contributed by atoms with E-state index in [0.717, 1.165) is 12.8 Å². The van der Waals surface area contributed by atoms with Crippen LogP contribution in [0.3, 0.4) is 0 Å². The summed E-state index contributed by atoms with van der Waals surface area (Å²) in [5.74, 6) is -1.71. The summed E-state index contributed by atoms with van der Waals surface area (Å²) in [6.45, 7) is 2.87. The number of sulfonamides is 1. The van der Waals surface area contributed by atoms with Crippen molar-refractivity contribution in [3.05, 3.63) is 29.8 Å². The van der Waals surface area contributed by atoms with E-state index in [9.17, 15) is 26.4 Å². The Hall–Kier alpha value is -1.61. The minimum Gasteiger partial charge on any atom is -0.338 e. The molecule has 0 bridgehead atoms. The van der Waals surface area contributed by atoms with Crippen molar-refractivity contribution in [1.82, 2.24) is 9.21 Å². The van der Waals surface area contributed by atoms with Crippen molar-refractivity contribution in [2.24, 2.45) is 11.8 Å². The molecule has 1 aromatic rings. The zero-order valence-electron chi connectivity index (χ0n) is 15.8. The van der Waals surface area contributed by atoms with Gasteiger partial charge in [-0.3, -0.25) is 4.79 Å². The lowest BCUT2D eigenvalue weighted by molar-refractivity contribution is -0.184. The van der Waals surface area contributed by atoms with E-state index in [4.69, 9.17) is 0 Å². The number of hydrogen-bond donors (Lipinski definition) is 0. The molecule has 1 aromatic carbocycles. The third kappa shape index (κ3) is 4.51. The Morgan fingerprint density at radius 2 is 1.68 bits per heavy atom. The third-order valence-electron chi connectivity index (χ3n) is 5.53. The lowest BCUT2D eigenvalue weighted by atomic mass is 9.97. The third-order valence-corrected chi connectivity index (χ3v) is 7.41. The van der Waals surface area contributed by atoms with Gasteiger partial charge in [0.2, 0.25) is 10.0 Å². The van der Waals surface area contributed by atoms with Crippen LogP contribution in [0.4, 0.5) is 13.2 Å². The van der Waals surface area contributed by atoms with Crippen molar-refractivity contribution < 1.29 is 26.4 Å². The Morgan fingerprint density at radius 3 is 2.29 bits per heavy atom. The molecule has 2 saturated heterocycles. The van der Waals surface area contributed by atoms with Crippen LogP contribution in [0.1, 0.15) is 43.0 Å². The average Bonchev–Trinajstić information content (AvgIpc) is 2.67. The van der Waals surface area contributed by atoms with Gasteiger partial charge in [0.1, 0.15) is 0 Å². The van der Waals surface area contributed by atoms with Crippen molar-refractivity contribution in [2.45, 2.75) is 43.7 Å². The van der Waals surface area contributed by atoms with Gasteiger partial charge >= 0.3 is 6.18 Å². The van der Waals surface area contributed by atoms with Gasteiger partial charge in [0.25, 0.3) is 5.91 Å². The number of halogens is 3. The van der Waals surface area contributed by atoms with E-state index in [1.165, 1.54) is 33.5 Å². The first-order chi connectivity index (χ1) is 13.1. The van der Waals surface area contributed by atoms with Gasteiger partial charge in [0.15, 0.2) is 0 Å². The zero-order chi connectivity index (χ0) is 20.5. The molecule has 2 aliphatic rings. The van der Waals surface area contributed by atoms with Gasteiger partial charge in [0, 0.05) is 31.7 Å². The van der Waals surface area contributed by atoms with Crippen LogP contribution in [0.15, 0.2) is 29.2 Å². The summed E-state index contributed by atoms with van der Waals surface area (Å²) in [5, 5.41) is 0. The Morgan fingerprint density at radius 1 is 1.04 bits per heavy atom. The minimum absolute atomic E-state index is 0.0265. The van der Waals surface area contributed by atoms with Crippen molar-refractivity contribution in [3.63, 3.8) is 0 Å². The summed E-state index contributed by atoms with van der Waals surface area (Å²) in [7, 11) is -3.63. The molecule has 2 heterocycles. The quantitative estimate of drug-likeness (QED) is 0.755. The summed E-state index contributed by atoms with van der Waals surface area (Å²) in [4.78, 5) is 13.9.